The molecule has 2 aromatic rings. The molecular formula is C12H12N2O2. The fourth-order valence-corrected chi connectivity index (χ4v) is 1.43. The van der Waals surface area contributed by atoms with E-state index >= 15 is 0 Å². The zero-order valence-corrected chi connectivity index (χ0v) is 8.96. The number of hydrogen-bond acceptors (Lipinski definition) is 3. The predicted octanol–water partition coefficient (Wildman–Crippen LogP) is 1.81. The zero-order valence-electron chi connectivity index (χ0n) is 8.96. The average molecular weight is 216 g/mol. The lowest BCUT2D eigenvalue weighted by molar-refractivity contribution is 0.111. The number of hydrogen-bond donors (Lipinski definition) is 0. The van der Waals surface area contributed by atoms with Gasteiger partial charge in [-0.2, -0.15) is 5.10 Å². The number of carbonyl (C=O) groups excluding carboxylic acids is 1. The van der Waals surface area contributed by atoms with Gasteiger partial charge in [0.15, 0.2) is 6.29 Å². The average Bonchev–Trinajstić information content (AvgIpc) is 2.69. The summed E-state index contributed by atoms with van der Waals surface area (Å²) in [6.45, 7) is 0.432. The molecule has 1 aromatic heterocycles. The summed E-state index contributed by atoms with van der Waals surface area (Å²) in [4.78, 5) is 10.7. The van der Waals surface area contributed by atoms with Crippen LogP contribution in [0.3, 0.4) is 0 Å². The highest BCUT2D eigenvalue weighted by atomic mass is 16.5. The molecule has 0 fully saturated rings. The van der Waals surface area contributed by atoms with Crippen molar-refractivity contribution in [1.29, 1.82) is 0 Å². The van der Waals surface area contributed by atoms with Gasteiger partial charge in [0, 0.05) is 7.05 Å². The molecule has 0 aliphatic rings. The standard InChI is InChI=1S/C12H12N2O2/c1-14-12(11(8-15)7-13-14)16-9-10-5-3-2-4-6-10/h2-8H,9H2,1H3. The van der Waals surface area contributed by atoms with Crippen LogP contribution in [0.4, 0.5) is 0 Å². The van der Waals surface area contributed by atoms with E-state index in [-0.39, 0.29) is 0 Å². The highest BCUT2D eigenvalue weighted by Crippen LogP contribution is 2.16. The maximum Gasteiger partial charge on any atom is 0.222 e. The van der Waals surface area contributed by atoms with Crippen LogP contribution in [0.1, 0.15) is 15.9 Å². The summed E-state index contributed by atoms with van der Waals surface area (Å²) in [5.74, 6) is 0.499. The number of aldehydes is 1. The molecule has 2 rings (SSSR count). The van der Waals surface area contributed by atoms with E-state index < -0.39 is 0 Å². The number of rotatable bonds is 4. The lowest BCUT2D eigenvalue weighted by atomic mass is 10.2. The summed E-state index contributed by atoms with van der Waals surface area (Å²) in [7, 11) is 1.74. The SMILES string of the molecule is Cn1ncc(C=O)c1OCc1ccccc1. The number of carbonyl (C=O) groups is 1. The molecule has 0 spiro atoms. The smallest absolute Gasteiger partial charge is 0.222 e. The van der Waals surface area contributed by atoms with Crippen molar-refractivity contribution < 1.29 is 9.53 Å². The summed E-state index contributed by atoms with van der Waals surface area (Å²) < 4.78 is 7.10. The Morgan fingerprint density at radius 3 is 2.81 bits per heavy atom. The number of benzene rings is 1. The van der Waals surface area contributed by atoms with Crippen LogP contribution in [0.5, 0.6) is 5.88 Å². The Balaban J connectivity index is 2.10. The first kappa shape index (κ1) is 10.4. The molecule has 4 heteroatoms. The van der Waals surface area contributed by atoms with Crippen molar-refractivity contribution in [2.24, 2.45) is 7.05 Å². The van der Waals surface area contributed by atoms with Crippen molar-refractivity contribution in [1.82, 2.24) is 9.78 Å². The van der Waals surface area contributed by atoms with Crippen molar-refractivity contribution >= 4 is 6.29 Å². The molecule has 0 aliphatic heterocycles. The maximum absolute atomic E-state index is 10.7. The van der Waals surface area contributed by atoms with Gasteiger partial charge in [0.1, 0.15) is 6.61 Å². The molecule has 0 unspecified atom stereocenters. The highest BCUT2D eigenvalue weighted by molar-refractivity contribution is 5.77. The van der Waals surface area contributed by atoms with Crippen LogP contribution < -0.4 is 4.74 Å². The third kappa shape index (κ3) is 2.11. The number of nitrogens with zero attached hydrogens (tertiary/aromatic N) is 2. The second kappa shape index (κ2) is 4.61. The number of aromatic nitrogens is 2. The Bertz CT molecular complexity index is 477. The van der Waals surface area contributed by atoms with Gasteiger partial charge in [0.25, 0.3) is 0 Å². The molecule has 1 aromatic carbocycles. The molecule has 0 amide bonds. The second-order valence-electron chi connectivity index (χ2n) is 3.42. The molecule has 0 saturated carbocycles. The summed E-state index contributed by atoms with van der Waals surface area (Å²) in [6, 6.07) is 9.78. The van der Waals surface area contributed by atoms with Crippen LogP contribution in [-0.4, -0.2) is 16.1 Å². The van der Waals surface area contributed by atoms with E-state index in [0.717, 1.165) is 11.8 Å². The van der Waals surface area contributed by atoms with Gasteiger partial charge < -0.3 is 4.74 Å². The van der Waals surface area contributed by atoms with E-state index in [9.17, 15) is 4.79 Å². The highest BCUT2D eigenvalue weighted by Gasteiger charge is 2.08. The quantitative estimate of drug-likeness (QED) is 0.732. The number of ether oxygens (including phenoxy) is 1. The van der Waals surface area contributed by atoms with Crippen LogP contribution in [0.15, 0.2) is 36.5 Å². The van der Waals surface area contributed by atoms with Gasteiger partial charge in [0.05, 0.1) is 11.8 Å². The molecule has 4 nitrogen and oxygen atoms in total. The molecule has 0 saturated heterocycles. The fourth-order valence-electron chi connectivity index (χ4n) is 1.43. The first-order chi connectivity index (χ1) is 7.81. The first-order valence-corrected chi connectivity index (χ1v) is 4.95. The van der Waals surface area contributed by atoms with Crippen molar-refractivity contribution in [3.05, 3.63) is 47.7 Å². The van der Waals surface area contributed by atoms with Crippen molar-refractivity contribution in [2.75, 3.05) is 0 Å². The Kier molecular flexibility index (Phi) is 3.00. The largest absolute Gasteiger partial charge is 0.472 e. The lowest BCUT2D eigenvalue weighted by Gasteiger charge is -2.06. The van der Waals surface area contributed by atoms with Crippen LogP contribution in [0, 0.1) is 0 Å². The van der Waals surface area contributed by atoms with Crippen LogP contribution in [-0.2, 0) is 13.7 Å². The summed E-state index contributed by atoms with van der Waals surface area (Å²) in [5.41, 5.74) is 1.53. The first-order valence-electron chi connectivity index (χ1n) is 4.95. The lowest BCUT2D eigenvalue weighted by Crippen LogP contribution is -2.02. The van der Waals surface area contributed by atoms with E-state index in [2.05, 4.69) is 5.10 Å². The minimum absolute atomic E-state index is 0.432. The Morgan fingerprint density at radius 2 is 2.12 bits per heavy atom. The van der Waals surface area contributed by atoms with Gasteiger partial charge in [-0.05, 0) is 5.56 Å². The minimum atomic E-state index is 0.432. The molecule has 82 valence electrons. The molecule has 0 N–H and O–H groups in total. The zero-order chi connectivity index (χ0) is 11.4. The monoisotopic (exact) mass is 216 g/mol. The summed E-state index contributed by atoms with van der Waals surface area (Å²) in [5, 5.41) is 3.96. The van der Waals surface area contributed by atoms with E-state index in [1.807, 2.05) is 30.3 Å². The molecule has 16 heavy (non-hydrogen) atoms. The molecular weight excluding hydrogens is 204 g/mol. The van der Waals surface area contributed by atoms with Gasteiger partial charge in [-0.25, -0.2) is 4.68 Å². The summed E-state index contributed by atoms with van der Waals surface area (Å²) >= 11 is 0. The molecule has 1 heterocycles. The van der Waals surface area contributed by atoms with Gasteiger partial charge in [0.2, 0.25) is 5.88 Å². The Morgan fingerprint density at radius 1 is 1.38 bits per heavy atom. The third-order valence-corrected chi connectivity index (χ3v) is 2.26. The fraction of sp³-hybridized carbons (Fsp3) is 0.167. The van der Waals surface area contributed by atoms with Gasteiger partial charge in [-0.15, -0.1) is 0 Å². The van der Waals surface area contributed by atoms with Crippen LogP contribution in [0.2, 0.25) is 0 Å². The third-order valence-electron chi connectivity index (χ3n) is 2.26. The van der Waals surface area contributed by atoms with Gasteiger partial charge in [-0.1, -0.05) is 30.3 Å². The normalized spacial score (nSPS) is 10.1. The summed E-state index contributed by atoms with van der Waals surface area (Å²) in [6.07, 6.45) is 2.24. The van der Waals surface area contributed by atoms with E-state index in [4.69, 9.17) is 4.74 Å². The molecule has 0 radical (unpaired) electrons. The topological polar surface area (TPSA) is 44.1 Å². The van der Waals surface area contributed by atoms with Crippen molar-refractivity contribution in [2.45, 2.75) is 6.61 Å². The van der Waals surface area contributed by atoms with E-state index in [1.165, 1.54) is 6.20 Å². The van der Waals surface area contributed by atoms with Gasteiger partial charge in [-0.3, -0.25) is 4.79 Å². The number of aryl methyl sites for hydroxylation is 1. The molecule has 0 atom stereocenters. The van der Waals surface area contributed by atoms with Crippen LogP contribution >= 0.6 is 0 Å². The minimum Gasteiger partial charge on any atom is -0.472 e. The Hall–Kier alpha value is -2.10. The maximum atomic E-state index is 10.7. The predicted molar refractivity (Wildman–Crippen MR) is 59.4 cm³/mol. The molecule has 0 bridgehead atoms. The Labute approximate surface area is 93.5 Å². The van der Waals surface area contributed by atoms with Crippen molar-refractivity contribution in [3.8, 4) is 5.88 Å². The second-order valence-corrected chi connectivity index (χ2v) is 3.42. The van der Waals surface area contributed by atoms with Gasteiger partial charge >= 0.3 is 0 Å². The molecule has 0 aliphatic carbocycles. The van der Waals surface area contributed by atoms with E-state index in [0.29, 0.717) is 18.1 Å². The van der Waals surface area contributed by atoms with E-state index in [1.54, 1.807) is 11.7 Å². The van der Waals surface area contributed by atoms with Crippen LogP contribution in [0.25, 0.3) is 0 Å². The van der Waals surface area contributed by atoms with Crippen molar-refractivity contribution in [3.63, 3.8) is 0 Å².